The van der Waals surface area contributed by atoms with Crippen LogP contribution in [0.4, 0.5) is 4.39 Å². The van der Waals surface area contributed by atoms with Crippen molar-refractivity contribution in [3.05, 3.63) is 149 Å². The Hall–Kier alpha value is -4.33. The molecule has 0 radical (unpaired) electrons. The number of rotatable bonds is 12. The molecule has 1 aromatic carbocycles. The summed E-state index contributed by atoms with van der Waals surface area (Å²) in [5, 5.41) is 0. The van der Waals surface area contributed by atoms with Gasteiger partial charge in [0.2, 0.25) is 0 Å². The molecule has 1 aliphatic heterocycles. The largest absolute Gasteiger partial charge is 0.399 e. The fourth-order valence-electron chi connectivity index (χ4n) is 4.94. The van der Waals surface area contributed by atoms with Gasteiger partial charge < -0.3 is 10.7 Å². The SMILES string of the molecule is C#C.C=C/C=C(/c1ccc(F)cc1)c1cc(CC(=C/C(=C)C(/C=C(\C=C)CN2CCCC2)=C/C)/C(N)=C\C)[nH]c1C.CC. The number of halogens is 1. The standard InChI is InChI=1S/C35H42FN3.C2H6.C2H2/c1-7-13-33(29-14-16-31(36)17-15-29)34-23-32(38-26(34)6)22-30(35(37)10-4)20-25(5)28(9-3)21-27(8-2)24-39-18-11-12-19-39;2*1-2/h7-10,13-17,20-21,23,38H,1-2,5,11-12,18-19,22,24,37H2,3-4,6H3;1-2H3;1-2H/b27-21+,28-9+,30-20-,33-13-,35-10+;;. The average molecular weight is 580 g/mol. The number of aryl methyl sites for hydroxylation is 1. The molecule has 2 heterocycles. The van der Waals surface area contributed by atoms with E-state index in [1.807, 2.05) is 52.8 Å². The lowest BCUT2D eigenvalue weighted by Crippen LogP contribution is -2.21. The minimum absolute atomic E-state index is 0.258. The van der Waals surface area contributed by atoms with Crippen molar-refractivity contribution in [3.8, 4) is 12.8 Å². The Bertz CT molecular complexity index is 1380. The van der Waals surface area contributed by atoms with Crippen molar-refractivity contribution in [1.29, 1.82) is 0 Å². The third kappa shape index (κ3) is 11.1. The molecule has 0 unspecified atom stereocenters. The summed E-state index contributed by atoms with van der Waals surface area (Å²) in [5.74, 6) is -0.258. The van der Waals surface area contributed by atoms with Crippen LogP contribution in [0.5, 0.6) is 0 Å². The van der Waals surface area contributed by atoms with Gasteiger partial charge in [0.1, 0.15) is 5.82 Å². The van der Waals surface area contributed by atoms with Crippen LogP contribution in [-0.4, -0.2) is 29.5 Å². The van der Waals surface area contributed by atoms with E-state index in [1.165, 1.54) is 30.5 Å². The van der Waals surface area contributed by atoms with Crippen LogP contribution in [0.3, 0.4) is 0 Å². The second-order valence-electron chi connectivity index (χ2n) is 9.92. The van der Waals surface area contributed by atoms with Crippen molar-refractivity contribution in [3.63, 3.8) is 0 Å². The number of nitrogens with zero attached hydrogens (tertiary/aromatic N) is 1. The van der Waals surface area contributed by atoms with E-state index in [-0.39, 0.29) is 5.82 Å². The fraction of sp³-hybridized carbons (Fsp3) is 0.282. The van der Waals surface area contributed by atoms with Gasteiger partial charge in [-0.3, -0.25) is 4.90 Å². The summed E-state index contributed by atoms with van der Waals surface area (Å²) in [7, 11) is 0. The molecule has 1 aliphatic rings. The Morgan fingerprint density at radius 3 is 2.21 bits per heavy atom. The number of hydrogen-bond donors (Lipinski definition) is 2. The number of hydrogen-bond acceptors (Lipinski definition) is 2. The van der Waals surface area contributed by atoms with Gasteiger partial charge in [0.25, 0.3) is 0 Å². The van der Waals surface area contributed by atoms with Crippen LogP contribution in [0.15, 0.2) is 121 Å². The van der Waals surface area contributed by atoms with Crippen molar-refractivity contribution >= 4 is 5.57 Å². The molecule has 43 heavy (non-hydrogen) atoms. The number of likely N-dealkylation sites (tertiary alicyclic amines) is 1. The van der Waals surface area contributed by atoms with Gasteiger partial charge in [0.15, 0.2) is 0 Å². The third-order valence-corrected chi connectivity index (χ3v) is 7.10. The van der Waals surface area contributed by atoms with Crippen LogP contribution in [-0.2, 0) is 6.42 Å². The van der Waals surface area contributed by atoms with E-state index < -0.39 is 0 Å². The first-order chi connectivity index (χ1) is 20.8. The normalized spacial score (nSPS) is 14.7. The highest BCUT2D eigenvalue weighted by Crippen LogP contribution is 2.29. The van der Waals surface area contributed by atoms with Crippen LogP contribution in [0, 0.1) is 25.6 Å². The summed E-state index contributed by atoms with van der Waals surface area (Å²) in [6, 6.07) is 8.67. The van der Waals surface area contributed by atoms with Gasteiger partial charge in [0, 0.05) is 35.6 Å². The Balaban J connectivity index is 0.00000221. The zero-order valence-corrected chi connectivity index (χ0v) is 26.8. The molecule has 3 nitrogen and oxygen atoms in total. The van der Waals surface area contributed by atoms with Crippen molar-refractivity contribution in [2.24, 2.45) is 5.73 Å². The predicted octanol–water partition coefficient (Wildman–Crippen LogP) is 9.40. The van der Waals surface area contributed by atoms with E-state index in [9.17, 15) is 4.39 Å². The van der Waals surface area contributed by atoms with Gasteiger partial charge in [-0.05, 0) is 104 Å². The topological polar surface area (TPSA) is 45.0 Å². The summed E-state index contributed by atoms with van der Waals surface area (Å²) in [6.07, 6.45) is 25.1. The third-order valence-electron chi connectivity index (χ3n) is 7.10. The first-order valence-electron chi connectivity index (χ1n) is 14.9. The molecule has 0 aliphatic carbocycles. The van der Waals surface area contributed by atoms with Crippen molar-refractivity contribution in [2.75, 3.05) is 19.6 Å². The van der Waals surface area contributed by atoms with Crippen LogP contribution in [0.2, 0.25) is 0 Å². The molecule has 0 atom stereocenters. The van der Waals surface area contributed by atoms with Gasteiger partial charge in [0.05, 0.1) is 0 Å². The molecule has 3 N–H and O–H groups in total. The maximum atomic E-state index is 13.6. The molecule has 3 rings (SSSR count). The van der Waals surface area contributed by atoms with E-state index in [1.54, 1.807) is 18.2 Å². The lowest BCUT2D eigenvalue weighted by molar-refractivity contribution is 0.371. The number of terminal acetylenes is 1. The average Bonchev–Trinajstić information content (AvgIpc) is 3.68. The van der Waals surface area contributed by atoms with Gasteiger partial charge in [-0.15, -0.1) is 12.8 Å². The molecule has 0 bridgehead atoms. The maximum absolute atomic E-state index is 13.6. The van der Waals surface area contributed by atoms with Gasteiger partial charge in [-0.25, -0.2) is 4.39 Å². The predicted molar refractivity (Wildman–Crippen MR) is 187 cm³/mol. The Morgan fingerprint density at radius 2 is 1.67 bits per heavy atom. The molecule has 0 amide bonds. The number of benzene rings is 1. The summed E-state index contributed by atoms with van der Waals surface area (Å²) >= 11 is 0. The minimum Gasteiger partial charge on any atom is -0.399 e. The molecule has 1 saturated heterocycles. The summed E-state index contributed by atoms with van der Waals surface area (Å²) < 4.78 is 13.6. The van der Waals surface area contributed by atoms with Gasteiger partial charge in [-0.1, -0.05) is 82.2 Å². The zero-order valence-electron chi connectivity index (χ0n) is 26.8. The first kappa shape index (κ1) is 36.7. The smallest absolute Gasteiger partial charge is 0.123 e. The van der Waals surface area contributed by atoms with E-state index in [4.69, 9.17) is 5.73 Å². The lowest BCUT2D eigenvalue weighted by atomic mass is 9.96. The van der Waals surface area contributed by atoms with Gasteiger partial charge >= 0.3 is 0 Å². The zero-order chi connectivity index (χ0) is 32.4. The van der Waals surface area contributed by atoms with Crippen LogP contribution in [0.25, 0.3) is 5.57 Å². The van der Waals surface area contributed by atoms with E-state index >= 15 is 0 Å². The van der Waals surface area contributed by atoms with Gasteiger partial charge in [-0.2, -0.15) is 0 Å². The highest BCUT2D eigenvalue weighted by molar-refractivity contribution is 5.82. The van der Waals surface area contributed by atoms with Crippen LogP contribution in [0.1, 0.15) is 63.1 Å². The summed E-state index contributed by atoms with van der Waals surface area (Å²) in [6.45, 7) is 25.5. The summed E-state index contributed by atoms with van der Waals surface area (Å²) in [5.41, 5.74) is 16.3. The molecular formula is C39H50FN3. The molecule has 4 heteroatoms. The van der Waals surface area contributed by atoms with E-state index in [2.05, 4.69) is 66.8 Å². The highest BCUT2D eigenvalue weighted by Gasteiger charge is 2.15. The van der Waals surface area contributed by atoms with Crippen molar-refractivity contribution < 1.29 is 4.39 Å². The van der Waals surface area contributed by atoms with E-state index in [0.717, 1.165) is 64.4 Å². The minimum atomic E-state index is -0.258. The molecule has 228 valence electrons. The highest BCUT2D eigenvalue weighted by atomic mass is 19.1. The van der Waals surface area contributed by atoms with Crippen LogP contribution < -0.4 is 5.73 Å². The maximum Gasteiger partial charge on any atom is 0.123 e. The number of aromatic amines is 1. The molecule has 2 aromatic rings. The monoisotopic (exact) mass is 579 g/mol. The molecule has 1 aromatic heterocycles. The fourth-order valence-corrected chi connectivity index (χ4v) is 4.94. The second kappa shape index (κ2) is 19.7. The van der Waals surface area contributed by atoms with Crippen molar-refractivity contribution in [1.82, 2.24) is 9.88 Å². The number of aromatic nitrogens is 1. The number of allylic oxidation sites excluding steroid dienone is 9. The molecule has 1 fully saturated rings. The number of nitrogens with two attached hydrogens (primary N) is 1. The van der Waals surface area contributed by atoms with E-state index in [0.29, 0.717) is 12.1 Å². The molecule has 0 spiro atoms. The van der Waals surface area contributed by atoms with Crippen molar-refractivity contribution in [2.45, 2.75) is 53.9 Å². The first-order valence-corrected chi connectivity index (χ1v) is 14.9. The Kier molecular flexibility index (Phi) is 16.8. The number of H-pyrrole nitrogens is 1. The second-order valence-corrected chi connectivity index (χ2v) is 9.92. The quantitative estimate of drug-likeness (QED) is 0.194. The summed E-state index contributed by atoms with van der Waals surface area (Å²) in [4.78, 5) is 5.99. The lowest BCUT2D eigenvalue weighted by Gasteiger charge is -2.16. The van der Waals surface area contributed by atoms with Crippen LogP contribution >= 0.6 is 0 Å². The Morgan fingerprint density at radius 1 is 1.05 bits per heavy atom. The Labute approximate surface area is 260 Å². The molecular weight excluding hydrogens is 529 g/mol. The molecule has 0 saturated carbocycles. The number of nitrogens with one attached hydrogen (secondary N) is 1.